The largest absolute Gasteiger partial charge is 0.416 e. The fraction of sp³-hybridized carbons (Fsp3) is 0.300. The van der Waals surface area contributed by atoms with Crippen LogP contribution in [0, 0.1) is 0 Å². The van der Waals surface area contributed by atoms with Gasteiger partial charge in [0.2, 0.25) is 5.91 Å². The Labute approximate surface area is 154 Å². The van der Waals surface area contributed by atoms with E-state index in [4.69, 9.17) is 0 Å². The summed E-state index contributed by atoms with van der Waals surface area (Å²) >= 11 is 0. The summed E-state index contributed by atoms with van der Waals surface area (Å²) < 4.78 is 38.1. The fourth-order valence-electron chi connectivity index (χ4n) is 3.23. The van der Waals surface area contributed by atoms with Crippen LogP contribution in [-0.2, 0) is 23.9 Å². The summed E-state index contributed by atoms with van der Waals surface area (Å²) in [6.07, 6.45) is 1.23. The van der Waals surface area contributed by atoms with Crippen LogP contribution in [0.3, 0.4) is 0 Å². The van der Waals surface area contributed by atoms with E-state index in [0.717, 1.165) is 41.6 Å². The monoisotopic (exact) mass is 373 g/mol. The lowest BCUT2D eigenvalue weighted by Gasteiger charge is -2.23. The fourth-order valence-corrected chi connectivity index (χ4v) is 3.23. The molecule has 1 saturated carbocycles. The summed E-state index contributed by atoms with van der Waals surface area (Å²) in [6, 6.07) is 8.93. The highest BCUT2D eigenvalue weighted by molar-refractivity contribution is 5.87. The summed E-state index contributed by atoms with van der Waals surface area (Å²) in [4.78, 5) is 21.9. The van der Waals surface area contributed by atoms with E-state index in [1.54, 1.807) is 17.3 Å². The number of fused-ring (bicyclic) bond motifs is 1. The second-order valence-corrected chi connectivity index (χ2v) is 6.84. The Bertz CT molecular complexity index is 959. The molecule has 2 aromatic heterocycles. The van der Waals surface area contributed by atoms with Crippen LogP contribution in [0.1, 0.15) is 29.5 Å². The Hall–Kier alpha value is -2.83. The Balaban J connectivity index is 1.50. The Kier molecular flexibility index (Phi) is 4.37. The first-order chi connectivity index (χ1) is 12.9. The first kappa shape index (κ1) is 17.6. The number of carbonyl (C=O) groups is 1. The number of nitrogens with one attached hydrogen (secondary N) is 1. The third kappa shape index (κ3) is 3.82. The van der Waals surface area contributed by atoms with Gasteiger partial charge in [-0.1, -0.05) is 12.1 Å². The number of H-pyrrole nitrogens is 1. The average Bonchev–Trinajstić information content (AvgIpc) is 3.41. The van der Waals surface area contributed by atoms with Crippen molar-refractivity contribution in [2.24, 2.45) is 0 Å². The minimum Gasteiger partial charge on any atom is -0.346 e. The molecule has 140 valence electrons. The number of nitrogens with zero attached hydrogens (tertiary/aromatic N) is 2. The molecule has 7 heteroatoms. The molecule has 1 aliphatic carbocycles. The van der Waals surface area contributed by atoms with E-state index in [9.17, 15) is 18.0 Å². The number of rotatable bonds is 5. The lowest BCUT2D eigenvalue weighted by Crippen LogP contribution is -2.33. The second kappa shape index (κ2) is 6.72. The minimum absolute atomic E-state index is 0.0258. The Morgan fingerprint density at radius 3 is 2.59 bits per heavy atom. The van der Waals surface area contributed by atoms with E-state index in [-0.39, 0.29) is 18.4 Å². The predicted octanol–water partition coefficient (Wildman–Crippen LogP) is 4.32. The molecular formula is C20H18F3N3O. The number of halogens is 3. The van der Waals surface area contributed by atoms with Crippen LogP contribution in [-0.4, -0.2) is 26.8 Å². The molecule has 1 aliphatic rings. The van der Waals surface area contributed by atoms with Crippen molar-refractivity contribution >= 4 is 16.9 Å². The molecule has 0 bridgehead atoms. The summed E-state index contributed by atoms with van der Waals surface area (Å²) in [7, 11) is 0. The van der Waals surface area contributed by atoms with Crippen molar-refractivity contribution in [2.75, 3.05) is 0 Å². The van der Waals surface area contributed by atoms with E-state index in [2.05, 4.69) is 9.97 Å². The molecule has 1 aromatic carbocycles. The number of aromatic amines is 1. The van der Waals surface area contributed by atoms with Crippen molar-refractivity contribution in [2.45, 2.75) is 38.0 Å². The quantitative estimate of drug-likeness (QED) is 0.724. The number of carbonyl (C=O) groups excluding carboxylic acids is 1. The number of hydrogen-bond donors (Lipinski definition) is 1. The van der Waals surface area contributed by atoms with Gasteiger partial charge in [0.05, 0.1) is 12.0 Å². The molecule has 0 unspecified atom stereocenters. The van der Waals surface area contributed by atoms with Gasteiger partial charge in [-0.05, 0) is 48.2 Å². The maximum atomic E-state index is 12.9. The molecule has 3 aromatic rings. The summed E-state index contributed by atoms with van der Waals surface area (Å²) in [5.41, 5.74) is 1.63. The number of pyridine rings is 1. The zero-order valence-electron chi connectivity index (χ0n) is 14.5. The van der Waals surface area contributed by atoms with Gasteiger partial charge in [-0.3, -0.25) is 4.79 Å². The number of benzene rings is 1. The molecule has 27 heavy (non-hydrogen) atoms. The molecule has 1 fully saturated rings. The van der Waals surface area contributed by atoms with E-state index in [1.807, 2.05) is 12.1 Å². The van der Waals surface area contributed by atoms with Crippen LogP contribution >= 0.6 is 0 Å². The van der Waals surface area contributed by atoms with Crippen molar-refractivity contribution in [1.82, 2.24) is 14.9 Å². The normalized spacial score (nSPS) is 14.5. The lowest BCUT2D eigenvalue weighted by molar-refractivity contribution is -0.137. The van der Waals surface area contributed by atoms with E-state index in [1.165, 1.54) is 12.1 Å². The Morgan fingerprint density at radius 1 is 1.19 bits per heavy atom. The van der Waals surface area contributed by atoms with Gasteiger partial charge in [0.15, 0.2) is 0 Å². The minimum atomic E-state index is -4.35. The molecule has 0 spiro atoms. The average molecular weight is 373 g/mol. The molecule has 1 amide bonds. The standard InChI is InChI=1S/C20H18F3N3O/c21-20(22,23)15-5-3-13(4-6-15)12-26(16-7-8-16)18(27)10-14-11-25-19-17(14)2-1-9-24-19/h1-6,9,11,16H,7-8,10,12H2,(H,24,25). The van der Waals surface area contributed by atoms with Crippen molar-refractivity contribution in [3.05, 3.63) is 65.5 Å². The number of alkyl halides is 3. The third-order valence-electron chi connectivity index (χ3n) is 4.82. The van der Waals surface area contributed by atoms with E-state index >= 15 is 0 Å². The highest BCUT2D eigenvalue weighted by Crippen LogP contribution is 2.32. The first-order valence-corrected chi connectivity index (χ1v) is 8.78. The SMILES string of the molecule is O=C(Cc1c[nH]c2ncccc12)N(Cc1ccc(C(F)(F)F)cc1)C1CC1. The summed E-state index contributed by atoms with van der Waals surface area (Å²) in [6.45, 7) is 0.322. The van der Waals surface area contributed by atoms with Crippen molar-refractivity contribution in [1.29, 1.82) is 0 Å². The zero-order valence-corrected chi connectivity index (χ0v) is 14.5. The van der Waals surface area contributed by atoms with Crippen LogP contribution in [0.25, 0.3) is 11.0 Å². The maximum absolute atomic E-state index is 12.9. The second-order valence-electron chi connectivity index (χ2n) is 6.84. The van der Waals surface area contributed by atoms with Gasteiger partial charge in [-0.25, -0.2) is 4.98 Å². The van der Waals surface area contributed by atoms with E-state index in [0.29, 0.717) is 12.1 Å². The van der Waals surface area contributed by atoms with Crippen LogP contribution in [0.4, 0.5) is 13.2 Å². The predicted molar refractivity (Wildman–Crippen MR) is 94.8 cm³/mol. The summed E-state index contributed by atoms with van der Waals surface area (Å²) in [5, 5.41) is 0.913. The van der Waals surface area contributed by atoms with Gasteiger partial charge in [0.25, 0.3) is 0 Å². The zero-order chi connectivity index (χ0) is 19.0. The summed E-state index contributed by atoms with van der Waals surface area (Å²) in [5.74, 6) is -0.0258. The van der Waals surface area contributed by atoms with Crippen LogP contribution in [0.15, 0.2) is 48.8 Å². The smallest absolute Gasteiger partial charge is 0.346 e. The molecule has 0 aliphatic heterocycles. The third-order valence-corrected chi connectivity index (χ3v) is 4.82. The van der Waals surface area contributed by atoms with Gasteiger partial charge in [0, 0.05) is 30.4 Å². The topological polar surface area (TPSA) is 49.0 Å². The highest BCUT2D eigenvalue weighted by Gasteiger charge is 2.33. The van der Waals surface area contributed by atoms with Gasteiger partial charge in [0.1, 0.15) is 5.65 Å². The van der Waals surface area contributed by atoms with Gasteiger partial charge in [-0.2, -0.15) is 13.2 Å². The number of amides is 1. The molecule has 1 N–H and O–H groups in total. The lowest BCUT2D eigenvalue weighted by atomic mass is 10.1. The van der Waals surface area contributed by atoms with Gasteiger partial charge < -0.3 is 9.88 Å². The molecule has 2 heterocycles. The van der Waals surface area contributed by atoms with E-state index < -0.39 is 11.7 Å². The molecular weight excluding hydrogens is 355 g/mol. The van der Waals surface area contributed by atoms with Crippen LogP contribution in [0.5, 0.6) is 0 Å². The maximum Gasteiger partial charge on any atom is 0.416 e. The van der Waals surface area contributed by atoms with Crippen molar-refractivity contribution in [3.63, 3.8) is 0 Å². The van der Waals surface area contributed by atoms with Crippen molar-refractivity contribution in [3.8, 4) is 0 Å². The van der Waals surface area contributed by atoms with Gasteiger partial charge >= 0.3 is 6.18 Å². The molecule has 4 rings (SSSR count). The molecule has 0 radical (unpaired) electrons. The Morgan fingerprint density at radius 2 is 1.93 bits per heavy atom. The first-order valence-electron chi connectivity index (χ1n) is 8.78. The van der Waals surface area contributed by atoms with Crippen LogP contribution in [0.2, 0.25) is 0 Å². The number of hydrogen-bond acceptors (Lipinski definition) is 2. The molecule has 0 atom stereocenters. The van der Waals surface area contributed by atoms with Crippen LogP contribution < -0.4 is 0 Å². The highest BCUT2D eigenvalue weighted by atomic mass is 19.4. The molecule has 4 nitrogen and oxygen atoms in total. The number of aromatic nitrogens is 2. The molecule has 0 saturated heterocycles. The van der Waals surface area contributed by atoms with Gasteiger partial charge in [-0.15, -0.1) is 0 Å². The van der Waals surface area contributed by atoms with Crippen molar-refractivity contribution < 1.29 is 18.0 Å².